The molecule has 2 amide bonds. The van der Waals surface area contributed by atoms with E-state index in [2.05, 4.69) is 39.8 Å². The van der Waals surface area contributed by atoms with Crippen LogP contribution in [0.2, 0.25) is 0 Å². The molecule has 5 nitrogen and oxygen atoms in total. The molecule has 0 aliphatic heterocycles. The molecule has 1 saturated carbocycles. The van der Waals surface area contributed by atoms with E-state index in [4.69, 9.17) is 0 Å². The van der Waals surface area contributed by atoms with Crippen LogP contribution in [0, 0.1) is 0 Å². The average molecular weight is 363 g/mol. The molecule has 2 aliphatic rings. The lowest BCUT2D eigenvalue weighted by atomic mass is 10.1. The first-order valence-corrected chi connectivity index (χ1v) is 9.61. The van der Waals surface area contributed by atoms with Crippen molar-refractivity contribution in [2.24, 2.45) is 0 Å². The molecule has 0 bridgehead atoms. The van der Waals surface area contributed by atoms with E-state index in [1.165, 1.54) is 24.0 Å². The van der Waals surface area contributed by atoms with Crippen LogP contribution in [0.5, 0.6) is 0 Å². The first-order chi connectivity index (χ1) is 13.2. The van der Waals surface area contributed by atoms with Crippen molar-refractivity contribution in [2.75, 3.05) is 18.9 Å². The third kappa shape index (κ3) is 3.88. The van der Waals surface area contributed by atoms with Crippen molar-refractivity contribution < 1.29 is 9.59 Å². The Kier molecular flexibility index (Phi) is 4.94. The molecule has 2 N–H and O–H groups in total. The van der Waals surface area contributed by atoms with Crippen molar-refractivity contribution in [3.8, 4) is 0 Å². The standard InChI is InChI=1S/C22H25N3O2/c1-23-22(27)16-6-9-17(10-7-16)24-21(26)14-25(18-11-12-18)20-13-8-15-4-2-3-5-19(15)20/h2-7,9-10,18,20H,8,11-14H2,1H3,(H,23,27)(H,24,26). The Bertz CT molecular complexity index is 843. The monoisotopic (exact) mass is 363 g/mol. The topological polar surface area (TPSA) is 61.4 Å². The molecule has 4 rings (SSSR count). The number of nitrogens with zero attached hydrogens (tertiary/aromatic N) is 1. The van der Waals surface area contributed by atoms with Crippen molar-refractivity contribution in [3.05, 3.63) is 65.2 Å². The highest BCUT2D eigenvalue weighted by Gasteiger charge is 2.38. The number of carbonyl (C=O) groups is 2. The van der Waals surface area contributed by atoms with Gasteiger partial charge in [-0.05, 0) is 61.1 Å². The zero-order chi connectivity index (χ0) is 18.8. The van der Waals surface area contributed by atoms with E-state index in [0.717, 1.165) is 18.5 Å². The van der Waals surface area contributed by atoms with Crippen LogP contribution in [0.15, 0.2) is 48.5 Å². The van der Waals surface area contributed by atoms with Crippen LogP contribution in [-0.2, 0) is 11.2 Å². The number of carbonyl (C=O) groups excluding carboxylic acids is 2. The van der Waals surface area contributed by atoms with Gasteiger partial charge >= 0.3 is 0 Å². The van der Waals surface area contributed by atoms with Crippen LogP contribution in [-0.4, -0.2) is 36.3 Å². The molecule has 0 spiro atoms. The second kappa shape index (κ2) is 7.53. The summed E-state index contributed by atoms with van der Waals surface area (Å²) in [5, 5.41) is 5.57. The van der Waals surface area contributed by atoms with E-state index in [-0.39, 0.29) is 11.8 Å². The lowest BCUT2D eigenvalue weighted by Gasteiger charge is -2.29. The third-order valence-electron chi connectivity index (χ3n) is 5.50. The SMILES string of the molecule is CNC(=O)c1ccc(NC(=O)CN(C2CC2)C2CCc3ccccc32)cc1. The van der Waals surface area contributed by atoms with Crippen molar-refractivity contribution in [1.82, 2.24) is 10.2 Å². The van der Waals surface area contributed by atoms with Crippen molar-refractivity contribution in [1.29, 1.82) is 0 Å². The zero-order valence-corrected chi connectivity index (χ0v) is 15.6. The van der Waals surface area contributed by atoms with Gasteiger partial charge in [-0.1, -0.05) is 24.3 Å². The van der Waals surface area contributed by atoms with Gasteiger partial charge in [-0.2, -0.15) is 0 Å². The summed E-state index contributed by atoms with van der Waals surface area (Å²) in [6.45, 7) is 0.404. The molecule has 0 heterocycles. The summed E-state index contributed by atoms with van der Waals surface area (Å²) in [5.41, 5.74) is 4.10. The Labute approximate surface area is 159 Å². The molecule has 1 unspecified atom stereocenters. The molecule has 2 aliphatic carbocycles. The van der Waals surface area contributed by atoms with E-state index >= 15 is 0 Å². The van der Waals surface area contributed by atoms with Crippen molar-refractivity contribution in [3.63, 3.8) is 0 Å². The molecular formula is C22H25N3O2. The molecule has 140 valence electrons. The Morgan fingerprint density at radius 1 is 1.04 bits per heavy atom. The second-order valence-electron chi connectivity index (χ2n) is 7.36. The highest BCUT2D eigenvalue weighted by atomic mass is 16.2. The lowest BCUT2D eigenvalue weighted by Crippen LogP contribution is -2.37. The van der Waals surface area contributed by atoms with E-state index < -0.39 is 0 Å². The zero-order valence-electron chi connectivity index (χ0n) is 15.6. The third-order valence-corrected chi connectivity index (χ3v) is 5.50. The quantitative estimate of drug-likeness (QED) is 0.829. The normalized spacial score (nSPS) is 18.2. The predicted molar refractivity (Wildman–Crippen MR) is 106 cm³/mol. The molecule has 0 aromatic heterocycles. The minimum Gasteiger partial charge on any atom is -0.355 e. The van der Waals surface area contributed by atoms with Gasteiger partial charge in [0.05, 0.1) is 6.54 Å². The highest BCUT2D eigenvalue weighted by molar-refractivity contribution is 5.96. The predicted octanol–water partition coefficient (Wildman–Crippen LogP) is 3.14. The number of anilines is 1. The van der Waals surface area contributed by atoms with Crippen LogP contribution >= 0.6 is 0 Å². The maximum Gasteiger partial charge on any atom is 0.251 e. The van der Waals surface area contributed by atoms with Crippen molar-refractivity contribution >= 4 is 17.5 Å². The van der Waals surface area contributed by atoms with E-state index in [0.29, 0.717) is 24.2 Å². The molecule has 2 aromatic carbocycles. The first kappa shape index (κ1) is 17.7. The fraction of sp³-hybridized carbons (Fsp3) is 0.364. The summed E-state index contributed by atoms with van der Waals surface area (Å²) in [5.74, 6) is -0.133. The smallest absolute Gasteiger partial charge is 0.251 e. The van der Waals surface area contributed by atoms with Gasteiger partial charge < -0.3 is 10.6 Å². The van der Waals surface area contributed by atoms with Crippen molar-refractivity contribution in [2.45, 2.75) is 37.8 Å². The molecule has 0 radical (unpaired) electrons. The summed E-state index contributed by atoms with van der Waals surface area (Å²) in [6.07, 6.45) is 4.52. The van der Waals surface area contributed by atoms with Crippen LogP contribution in [0.25, 0.3) is 0 Å². The molecule has 2 aromatic rings. The first-order valence-electron chi connectivity index (χ1n) is 9.61. The number of benzene rings is 2. The van der Waals surface area contributed by atoms with E-state index in [9.17, 15) is 9.59 Å². The van der Waals surface area contributed by atoms with Gasteiger partial charge in [0, 0.05) is 30.4 Å². The van der Waals surface area contributed by atoms with Gasteiger partial charge in [-0.3, -0.25) is 14.5 Å². The summed E-state index contributed by atoms with van der Waals surface area (Å²) in [4.78, 5) is 26.7. The van der Waals surface area contributed by atoms with Gasteiger partial charge in [-0.15, -0.1) is 0 Å². The molecule has 1 fully saturated rings. The number of fused-ring (bicyclic) bond motifs is 1. The van der Waals surface area contributed by atoms with E-state index in [1.54, 1.807) is 31.3 Å². The van der Waals surface area contributed by atoms with Gasteiger partial charge in [0.2, 0.25) is 5.91 Å². The second-order valence-corrected chi connectivity index (χ2v) is 7.36. The fourth-order valence-corrected chi connectivity index (χ4v) is 3.99. The number of hydrogen-bond donors (Lipinski definition) is 2. The average Bonchev–Trinajstić information content (AvgIpc) is 3.45. The maximum atomic E-state index is 12.7. The Hall–Kier alpha value is -2.66. The molecule has 5 heteroatoms. The summed E-state index contributed by atoms with van der Waals surface area (Å²) >= 11 is 0. The van der Waals surface area contributed by atoms with Gasteiger partial charge in [0.15, 0.2) is 0 Å². The number of rotatable bonds is 6. The van der Waals surface area contributed by atoms with E-state index in [1.807, 2.05) is 0 Å². The van der Waals surface area contributed by atoms with Gasteiger partial charge in [0.25, 0.3) is 5.91 Å². The summed E-state index contributed by atoms with van der Waals surface area (Å²) in [7, 11) is 1.60. The maximum absolute atomic E-state index is 12.7. The van der Waals surface area contributed by atoms with Gasteiger partial charge in [0.1, 0.15) is 0 Å². The number of aryl methyl sites for hydroxylation is 1. The van der Waals surface area contributed by atoms with Crippen LogP contribution in [0.4, 0.5) is 5.69 Å². The minimum absolute atomic E-state index is 0.000950. The number of amides is 2. The summed E-state index contributed by atoms with van der Waals surface area (Å²) in [6, 6.07) is 16.4. The lowest BCUT2D eigenvalue weighted by molar-refractivity contribution is -0.118. The fourth-order valence-electron chi connectivity index (χ4n) is 3.99. The number of hydrogen-bond acceptors (Lipinski definition) is 3. The highest BCUT2D eigenvalue weighted by Crippen LogP contribution is 2.41. The number of nitrogens with one attached hydrogen (secondary N) is 2. The molecule has 0 saturated heterocycles. The molecule has 1 atom stereocenters. The van der Waals surface area contributed by atoms with Gasteiger partial charge in [-0.25, -0.2) is 0 Å². The summed E-state index contributed by atoms with van der Waals surface area (Å²) < 4.78 is 0. The van der Waals surface area contributed by atoms with Crippen LogP contribution in [0.3, 0.4) is 0 Å². The largest absolute Gasteiger partial charge is 0.355 e. The minimum atomic E-state index is -0.132. The van der Waals surface area contributed by atoms with Crippen LogP contribution < -0.4 is 10.6 Å². The molecule has 27 heavy (non-hydrogen) atoms. The van der Waals surface area contributed by atoms with Crippen LogP contribution in [0.1, 0.15) is 46.8 Å². The Balaban J connectivity index is 1.42. The Morgan fingerprint density at radius 2 is 1.78 bits per heavy atom. The molecular weight excluding hydrogens is 338 g/mol. The Morgan fingerprint density at radius 3 is 2.48 bits per heavy atom.